The molecule has 1 aliphatic rings. The smallest absolute Gasteiger partial charge is 0.209 e. The Balaban J connectivity index is 1.69. The Morgan fingerprint density at radius 2 is 2.20 bits per heavy atom. The van der Waals surface area contributed by atoms with Crippen LogP contribution in [0.5, 0.6) is 0 Å². The van der Waals surface area contributed by atoms with Crippen molar-refractivity contribution in [1.29, 1.82) is 0 Å². The lowest BCUT2D eigenvalue weighted by Crippen LogP contribution is -2.48. The molecule has 0 aliphatic carbocycles. The van der Waals surface area contributed by atoms with E-state index in [-0.39, 0.29) is 0 Å². The molecule has 3 rings (SSSR count). The molecule has 2 heterocycles. The average Bonchev–Trinajstić information content (AvgIpc) is 2.88. The Morgan fingerprint density at radius 1 is 1.40 bits per heavy atom. The highest BCUT2D eigenvalue weighted by molar-refractivity contribution is 6.30. The zero-order valence-electron chi connectivity index (χ0n) is 11.5. The first kappa shape index (κ1) is 13.6. The van der Waals surface area contributed by atoms with Gasteiger partial charge >= 0.3 is 0 Å². The van der Waals surface area contributed by atoms with Crippen molar-refractivity contribution >= 4 is 11.6 Å². The van der Waals surface area contributed by atoms with Crippen LogP contribution in [0.4, 0.5) is 0 Å². The molecular formula is C15H18ClN3O. The van der Waals surface area contributed by atoms with Gasteiger partial charge in [-0.05, 0) is 31.2 Å². The number of benzene rings is 1. The predicted molar refractivity (Wildman–Crippen MR) is 79.7 cm³/mol. The maximum absolute atomic E-state index is 5.89. The van der Waals surface area contributed by atoms with Gasteiger partial charge in [0, 0.05) is 36.3 Å². The van der Waals surface area contributed by atoms with E-state index < -0.39 is 0 Å². The minimum Gasteiger partial charge on any atom is -0.439 e. The largest absolute Gasteiger partial charge is 0.439 e. The first-order chi connectivity index (χ1) is 9.70. The topological polar surface area (TPSA) is 41.3 Å². The second-order valence-corrected chi connectivity index (χ2v) is 5.65. The van der Waals surface area contributed by atoms with Crippen LogP contribution in [0.15, 0.2) is 34.9 Å². The summed E-state index contributed by atoms with van der Waals surface area (Å²) in [5.41, 5.74) is 1.00. The number of aromatic nitrogens is 1. The lowest BCUT2D eigenvalue weighted by molar-refractivity contribution is 0.184. The monoisotopic (exact) mass is 291 g/mol. The molecule has 1 fully saturated rings. The van der Waals surface area contributed by atoms with Crippen molar-refractivity contribution in [1.82, 2.24) is 15.2 Å². The molecule has 0 radical (unpaired) electrons. The first-order valence-electron chi connectivity index (χ1n) is 6.87. The van der Waals surface area contributed by atoms with Gasteiger partial charge in [0.2, 0.25) is 5.89 Å². The van der Waals surface area contributed by atoms with Crippen LogP contribution >= 0.6 is 11.6 Å². The molecule has 106 valence electrons. The molecule has 4 nitrogen and oxygen atoms in total. The fourth-order valence-corrected chi connectivity index (χ4v) is 2.60. The fraction of sp³-hybridized carbons (Fsp3) is 0.400. The van der Waals surface area contributed by atoms with E-state index in [1.807, 2.05) is 24.3 Å². The molecule has 0 spiro atoms. The predicted octanol–water partition coefficient (Wildman–Crippen LogP) is 2.79. The summed E-state index contributed by atoms with van der Waals surface area (Å²) in [5, 5.41) is 4.15. The molecule has 1 atom stereocenters. The van der Waals surface area contributed by atoms with Gasteiger partial charge in [-0.15, -0.1) is 0 Å². The van der Waals surface area contributed by atoms with E-state index in [9.17, 15) is 0 Å². The lowest BCUT2D eigenvalue weighted by Gasteiger charge is -2.30. The van der Waals surface area contributed by atoms with Crippen LogP contribution < -0.4 is 5.32 Å². The SMILES string of the molecule is C[C@@H]1CN(Cc2ncc(-c3ccc(Cl)cc3)o2)CCN1. The average molecular weight is 292 g/mol. The minimum atomic E-state index is 0.523. The van der Waals surface area contributed by atoms with Gasteiger partial charge in [0.15, 0.2) is 5.76 Å². The summed E-state index contributed by atoms with van der Waals surface area (Å²) in [7, 11) is 0. The maximum atomic E-state index is 5.89. The van der Waals surface area contributed by atoms with E-state index >= 15 is 0 Å². The first-order valence-corrected chi connectivity index (χ1v) is 7.25. The van der Waals surface area contributed by atoms with E-state index in [1.54, 1.807) is 6.20 Å². The molecule has 2 aromatic rings. The number of oxazole rings is 1. The zero-order chi connectivity index (χ0) is 13.9. The third-order valence-corrected chi connectivity index (χ3v) is 3.75. The highest BCUT2D eigenvalue weighted by Gasteiger charge is 2.17. The molecule has 0 amide bonds. The molecule has 1 saturated heterocycles. The molecule has 1 N–H and O–H groups in total. The zero-order valence-corrected chi connectivity index (χ0v) is 12.2. The van der Waals surface area contributed by atoms with Crippen LogP contribution in [0.3, 0.4) is 0 Å². The molecule has 0 unspecified atom stereocenters. The summed E-state index contributed by atoms with van der Waals surface area (Å²) in [6.45, 7) is 6.04. The quantitative estimate of drug-likeness (QED) is 0.944. The molecule has 1 aliphatic heterocycles. The van der Waals surface area contributed by atoms with Crippen LogP contribution in [0.2, 0.25) is 5.02 Å². The van der Waals surface area contributed by atoms with Crippen molar-refractivity contribution in [3.63, 3.8) is 0 Å². The number of hydrogen-bond donors (Lipinski definition) is 1. The molecule has 1 aromatic carbocycles. The number of nitrogens with zero attached hydrogens (tertiary/aromatic N) is 2. The van der Waals surface area contributed by atoms with Gasteiger partial charge in [-0.25, -0.2) is 4.98 Å². The van der Waals surface area contributed by atoms with Crippen molar-refractivity contribution < 1.29 is 4.42 Å². The Morgan fingerprint density at radius 3 is 2.95 bits per heavy atom. The summed E-state index contributed by atoms with van der Waals surface area (Å²) in [6, 6.07) is 8.13. The number of nitrogens with one attached hydrogen (secondary N) is 1. The van der Waals surface area contributed by atoms with Crippen LogP contribution in [0.25, 0.3) is 11.3 Å². The third kappa shape index (κ3) is 3.20. The van der Waals surface area contributed by atoms with Crippen LogP contribution in [-0.4, -0.2) is 35.6 Å². The van der Waals surface area contributed by atoms with Crippen molar-refractivity contribution in [2.75, 3.05) is 19.6 Å². The van der Waals surface area contributed by atoms with Crippen molar-refractivity contribution in [3.05, 3.63) is 41.4 Å². The summed E-state index contributed by atoms with van der Waals surface area (Å²) < 4.78 is 5.83. The van der Waals surface area contributed by atoms with E-state index in [0.29, 0.717) is 6.04 Å². The standard InChI is InChI=1S/C15H18ClN3O/c1-11-9-19(7-6-17-11)10-15-18-8-14(20-15)12-2-4-13(16)5-3-12/h2-5,8,11,17H,6-7,9-10H2,1H3/t11-/m1/s1. The summed E-state index contributed by atoms with van der Waals surface area (Å²) in [6.07, 6.45) is 1.78. The Bertz CT molecular complexity index is 567. The normalized spacial score (nSPS) is 20.2. The summed E-state index contributed by atoms with van der Waals surface area (Å²) >= 11 is 5.89. The minimum absolute atomic E-state index is 0.523. The van der Waals surface area contributed by atoms with Gasteiger partial charge in [0.05, 0.1) is 12.7 Å². The Labute approximate surface area is 123 Å². The second kappa shape index (κ2) is 5.95. The molecule has 1 aromatic heterocycles. The van der Waals surface area contributed by atoms with Crippen molar-refractivity contribution in [2.45, 2.75) is 19.5 Å². The van der Waals surface area contributed by atoms with Gasteiger partial charge in [0.25, 0.3) is 0 Å². The van der Waals surface area contributed by atoms with E-state index in [2.05, 4.69) is 22.1 Å². The highest BCUT2D eigenvalue weighted by Crippen LogP contribution is 2.22. The van der Waals surface area contributed by atoms with E-state index in [4.69, 9.17) is 16.0 Å². The molecular weight excluding hydrogens is 274 g/mol. The molecule has 5 heteroatoms. The summed E-state index contributed by atoms with van der Waals surface area (Å²) in [4.78, 5) is 6.73. The number of piperazine rings is 1. The Kier molecular flexibility index (Phi) is 4.05. The van der Waals surface area contributed by atoms with Gasteiger partial charge in [-0.2, -0.15) is 0 Å². The second-order valence-electron chi connectivity index (χ2n) is 5.22. The number of hydrogen-bond acceptors (Lipinski definition) is 4. The van der Waals surface area contributed by atoms with Crippen LogP contribution in [-0.2, 0) is 6.54 Å². The molecule has 20 heavy (non-hydrogen) atoms. The maximum Gasteiger partial charge on any atom is 0.209 e. The van der Waals surface area contributed by atoms with Gasteiger partial charge < -0.3 is 9.73 Å². The van der Waals surface area contributed by atoms with Crippen molar-refractivity contribution in [3.8, 4) is 11.3 Å². The van der Waals surface area contributed by atoms with Crippen LogP contribution in [0.1, 0.15) is 12.8 Å². The van der Waals surface area contributed by atoms with Crippen molar-refractivity contribution in [2.24, 2.45) is 0 Å². The van der Waals surface area contributed by atoms with Crippen LogP contribution in [0, 0.1) is 0 Å². The van der Waals surface area contributed by atoms with E-state index in [0.717, 1.165) is 48.4 Å². The van der Waals surface area contributed by atoms with Gasteiger partial charge in [0.1, 0.15) is 0 Å². The Hall–Kier alpha value is -1.36. The third-order valence-electron chi connectivity index (χ3n) is 3.49. The lowest BCUT2D eigenvalue weighted by atomic mass is 10.2. The molecule has 0 bridgehead atoms. The van der Waals surface area contributed by atoms with Gasteiger partial charge in [-0.3, -0.25) is 4.90 Å². The van der Waals surface area contributed by atoms with Gasteiger partial charge in [-0.1, -0.05) is 11.6 Å². The fourth-order valence-electron chi connectivity index (χ4n) is 2.48. The summed E-state index contributed by atoms with van der Waals surface area (Å²) in [5.74, 6) is 1.56. The highest BCUT2D eigenvalue weighted by atomic mass is 35.5. The number of halogens is 1. The van der Waals surface area contributed by atoms with E-state index in [1.165, 1.54) is 0 Å². The molecule has 0 saturated carbocycles. The number of rotatable bonds is 3.